The summed E-state index contributed by atoms with van der Waals surface area (Å²) in [5.41, 5.74) is 2.75. The van der Waals surface area contributed by atoms with Crippen LogP contribution in [-0.2, 0) is 4.79 Å². The summed E-state index contributed by atoms with van der Waals surface area (Å²) in [6.07, 6.45) is 3.59. The monoisotopic (exact) mass is 548 g/mol. The fraction of sp³-hybridized carbons (Fsp3) is 0.226. The largest absolute Gasteiger partial charge is 0.492 e. The number of aromatic amines is 1. The van der Waals surface area contributed by atoms with E-state index in [2.05, 4.69) is 15.5 Å². The highest BCUT2D eigenvalue weighted by Crippen LogP contribution is 2.38. The SMILES string of the molecule is CCC(=C(c1ccc(OCCNCC=CC(=O)N(C)C)cc1)c1ccc2[nH]nc(F)c2c1)c1c(F)cccc1F. The van der Waals surface area contributed by atoms with Gasteiger partial charge in [0.25, 0.3) is 0 Å². The number of halogens is 3. The summed E-state index contributed by atoms with van der Waals surface area (Å²) in [6.45, 7) is 3.32. The molecule has 0 radical (unpaired) electrons. The quantitative estimate of drug-likeness (QED) is 0.138. The number of likely N-dealkylation sites (N-methyl/N-ethyl adjacent to an activating group) is 1. The molecule has 0 atom stereocenters. The second-order valence-corrected chi connectivity index (χ2v) is 9.29. The molecule has 0 saturated heterocycles. The van der Waals surface area contributed by atoms with E-state index < -0.39 is 17.6 Å². The molecule has 2 N–H and O–H groups in total. The molecule has 1 heterocycles. The summed E-state index contributed by atoms with van der Waals surface area (Å²) in [6, 6.07) is 16.1. The number of allylic oxidation sites excluding steroid dienone is 1. The number of H-pyrrole nitrogens is 1. The van der Waals surface area contributed by atoms with E-state index in [0.29, 0.717) is 59.7 Å². The van der Waals surface area contributed by atoms with Crippen LogP contribution in [0.1, 0.15) is 30.0 Å². The first-order valence-corrected chi connectivity index (χ1v) is 12.9. The Hall–Kier alpha value is -4.37. The number of hydrogen-bond acceptors (Lipinski definition) is 4. The lowest BCUT2D eigenvalue weighted by Gasteiger charge is -2.18. The van der Waals surface area contributed by atoms with Crippen LogP contribution in [0.4, 0.5) is 13.2 Å². The Morgan fingerprint density at radius 3 is 2.40 bits per heavy atom. The van der Waals surface area contributed by atoms with Crippen LogP contribution in [0.15, 0.2) is 72.8 Å². The molecule has 1 aromatic heterocycles. The van der Waals surface area contributed by atoms with E-state index in [1.54, 1.807) is 50.5 Å². The maximum absolute atomic E-state index is 14.9. The second kappa shape index (κ2) is 13.1. The summed E-state index contributed by atoms with van der Waals surface area (Å²) < 4.78 is 50.0. The van der Waals surface area contributed by atoms with Gasteiger partial charge in [-0.25, -0.2) is 8.78 Å². The fourth-order valence-electron chi connectivity index (χ4n) is 4.37. The van der Waals surface area contributed by atoms with Crippen LogP contribution in [0.5, 0.6) is 5.75 Å². The summed E-state index contributed by atoms with van der Waals surface area (Å²) in [7, 11) is 3.38. The van der Waals surface area contributed by atoms with Crippen molar-refractivity contribution in [2.75, 3.05) is 33.8 Å². The van der Waals surface area contributed by atoms with E-state index >= 15 is 0 Å². The van der Waals surface area contributed by atoms with Crippen LogP contribution in [0.3, 0.4) is 0 Å². The maximum Gasteiger partial charge on any atom is 0.245 e. The summed E-state index contributed by atoms with van der Waals surface area (Å²) in [5, 5.41) is 9.72. The highest BCUT2D eigenvalue weighted by Gasteiger charge is 2.20. The molecule has 0 bridgehead atoms. The van der Waals surface area contributed by atoms with Gasteiger partial charge in [0.1, 0.15) is 24.0 Å². The number of hydrogen-bond donors (Lipinski definition) is 2. The Kier molecular flexibility index (Phi) is 9.39. The smallest absolute Gasteiger partial charge is 0.245 e. The number of aromatic nitrogens is 2. The third kappa shape index (κ3) is 6.60. The van der Waals surface area contributed by atoms with E-state index in [0.717, 1.165) is 0 Å². The molecule has 208 valence electrons. The Morgan fingerprint density at radius 2 is 1.73 bits per heavy atom. The molecule has 1 amide bonds. The number of fused-ring (bicyclic) bond motifs is 1. The zero-order chi connectivity index (χ0) is 28.6. The zero-order valence-electron chi connectivity index (χ0n) is 22.6. The van der Waals surface area contributed by atoms with Crippen molar-refractivity contribution in [2.45, 2.75) is 13.3 Å². The highest BCUT2D eigenvalue weighted by atomic mass is 19.1. The molecule has 6 nitrogen and oxygen atoms in total. The number of nitrogens with one attached hydrogen (secondary N) is 2. The number of nitrogens with zero attached hydrogens (tertiary/aromatic N) is 2. The first-order chi connectivity index (χ1) is 19.3. The normalized spacial score (nSPS) is 12.2. The minimum absolute atomic E-state index is 0.0784. The van der Waals surface area contributed by atoms with Gasteiger partial charge in [-0.1, -0.05) is 37.3 Å². The molecule has 0 spiro atoms. The van der Waals surface area contributed by atoms with Gasteiger partial charge in [0.15, 0.2) is 0 Å². The van der Waals surface area contributed by atoms with Gasteiger partial charge in [-0.05, 0) is 65.1 Å². The lowest BCUT2D eigenvalue weighted by molar-refractivity contribution is -0.123. The summed E-state index contributed by atoms with van der Waals surface area (Å²) in [5.74, 6) is -1.44. The van der Waals surface area contributed by atoms with E-state index in [1.807, 2.05) is 19.1 Å². The lowest BCUT2D eigenvalue weighted by atomic mass is 9.87. The van der Waals surface area contributed by atoms with Crippen molar-refractivity contribution < 1.29 is 22.7 Å². The van der Waals surface area contributed by atoms with Gasteiger partial charge in [-0.15, -0.1) is 5.10 Å². The van der Waals surface area contributed by atoms with Crippen molar-refractivity contribution in [3.05, 3.63) is 107 Å². The van der Waals surface area contributed by atoms with Crippen LogP contribution in [0.25, 0.3) is 22.0 Å². The molecular formula is C31H31F3N4O2. The van der Waals surface area contributed by atoms with Gasteiger partial charge in [-0.2, -0.15) is 4.39 Å². The number of amides is 1. The highest BCUT2D eigenvalue weighted by molar-refractivity contribution is 6.00. The molecule has 0 aliphatic rings. The minimum atomic E-state index is -0.668. The average Bonchev–Trinajstić information content (AvgIpc) is 3.32. The standard InChI is InChI=1S/C31H31F3N4O2/c1-4-23(30-25(32)7-5-8-26(30)33)29(21-12-15-27-24(19-21)31(34)37-36-27)20-10-13-22(14-11-20)40-18-17-35-16-6-9-28(39)38(2)3/h5-15,19,35H,4,16-18H2,1-3H3,(H,36,37). The molecule has 0 fully saturated rings. The predicted octanol–water partition coefficient (Wildman–Crippen LogP) is 5.96. The molecule has 0 aliphatic heterocycles. The molecule has 0 unspecified atom stereocenters. The topological polar surface area (TPSA) is 70.2 Å². The summed E-state index contributed by atoms with van der Waals surface area (Å²) in [4.78, 5) is 13.0. The molecule has 0 saturated carbocycles. The lowest BCUT2D eigenvalue weighted by Crippen LogP contribution is -2.22. The van der Waals surface area contributed by atoms with Gasteiger partial charge < -0.3 is 15.0 Å². The average molecular weight is 549 g/mol. The number of rotatable bonds is 11. The van der Waals surface area contributed by atoms with Crippen LogP contribution in [0, 0.1) is 17.6 Å². The molecular weight excluding hydrogens is 517 g/mol. The van der Waals surface area contributed by atoms with E-state index in [-0.39, 0.29) is 16.9 Å². The van der Waals surface area contributed by atoms with Gasteiger partial charge in [0, 0.05) is 38.8 Å². The van der Waals surface area contributed by atoms with E-state index in [4.69, 9.17) is 4.74 Å². The van der Waals surface area contributed by atoms with Crippen molar-refractivity contribution in [3.63, 3.8) is 0 Å². The Bertz CT molecular complexity index is 1520. The number of carbonyl (C=O) groups excluding carboxylic acids is 1. The first kappa shape index (κ1) is 28.6. The third-order valence-corrected chi connectivity index (χ3v) is 6.38. The van der Waals surface area contributed by atoms with Crippen LogP contribution >= 0.6 is 0 Å². The molecule has 0 aliphatic carbocycles. The zero-order valence-corrected chi connectivity index (χ0v) is 22.6. The first-order valence-electron chi connectivity index (χ1n) is 12.9. The summed E-state index contributed by atoms with van der Waals surface area (Å²) >= 11 is 0. The number of benzene rings is 3. The van der Waals surface area contributed by atoms with Crippen LogP contribution < -0.4 is 10.1 Å². The molecule has 3 aromatic carbocycles. The van der Waals surface area contributed by atoms with Crippen molar-refractivity contribution in [1.82, 2.24) is 20.4 Å². The van der Waals surface area contributed by atoms with Crippen molar-refractivity contribution in [1.29, 1.82) is 0 Å². The number of ether oxygens (including phenoxy) is 1. The number of carbonyl (C=O) groups is 1. The Balaban J connectivity index is 1.59. The van der Waals surface area contributed by atoms with Crippen molar-refractivity contribution in [2.24, 2.45) is 0 Å². The Morgan fingerprint density at radius 1 is 1.02 bits per heavy atom. The third-order valence-electron chi connectivity index (χ3n) is 6.38. The van der Waals surface area contributed by atoms with Gasteiger partial charge in [0.2, 0.25) is 11.9 Å². The van der Waals surface area contributed by atoms with Gasteiger partial charge in [0.05, 0.1) is 10.9 Å². The molecule has 4 rings (SSSR count). The van der Waals surface area contributed by atoms with Crippen molar-refractivity contribution in [3.8, 4) is 5.75 Å². The minimum Gasteiger partial charge on any atom is -0.492 e. The maximum atomic E-state index is 14.9. The van der Waals surface area contributed by atoms with Crippen molar-refractivity contribution >= 4 is 28.0 Å². The van der Waals surface area contributed by atoms with E-state index in [1.165, 1.54) is 29.2 Å². The predicted molar refractivity (Wildman–Crippen MR) is 151 cm³/mol. The molecule has 4 aromatic rings. The van der Waals surface area contributed by atoms with E-state index in [9.17, 15) is 18.0 Å². The second-order valence-electron chi connectivity index (χ2n) is 9.29. The Labute approximate surface area is 231 Å². The van der Waals surface area contributed by atoms with Crippen LogP contribution in [0.2, 0.25) is 0 Å². The molecule has 9 heteroatoms. The van der Waals surface area contributed by atoms with Crippen LogP contribution in [-0.4, -0.2) is 54.8 Å². The fourth-order valence-corrected chi connectivity index (χ4v) is 4.37. The van der Waals surface area contributed by atoms with Gasteiger partial charge in [-0.3, -0.25) is 9.89 Å². The van der Waals surface area contributed by atoms with Gasteiger partial charge >= 0.3 is 0 Å². The molecule has 40 heavy (non-hydrogen) atoms.